The molecular weight excluding hydrogens is 188 g/mol. The Bertz CT molecular complexity index is 173. The molecule has 90 valence electrons. The lowest BCUT2D eigenvalue weighted by Gasteiger charge is -2.28. The molecule has 15 heavy (non-hydrogen) atoms. The number of nitrogens with zero attached hydrogens (tertiary/aromatic N) is 1. The first-order valence-corrected chi connectivity index (χ1v) is 6.14. The van der Waals surface area contributed by atoms with Gasteiger partial charge in [0.2, 0.25) is 0 Å². The molecule has 0 aromatic carbocycles. The van der Waals surface area contributed by atoms with Crippen LogP contribution in [0.25, 0.3) is 0 Å². The van der Waals surface area contributed by atoms with Gasteiger partial charge in [-0.3, -0.25) is 0 Å². The van der Waals surface area contributed by atoms with Gasteiger partial charge in [0, 0.05) is 19.1 Å². The Labute approximate surface area is 93.9 Å². The SMILES string of the molecule is CC1CCCC(NCC(O)CN(C)C)C1. The number of hydrogen-bond acceptors (Lipinski definition) is 3. The highest BCUT2D eigenvalue weighted by Gasteiger charge is 2.19. The highest BCUT2D eigenvalue weighted by Crippen LogP contribution is 2.23. The topological polar surface area (TPSA) is 35.5 Å². The molecule has 1 saturated carbocycles. The first kappa shape index (κ1) is 12.9. The largest absolute Gasteiger partial charge is 0.390 e. The molecule has 2 N–H and O–H groups in total. The number of aliphatic hydroxyl groups is 1. The summed E-state index contributed by atoms with van der Waals surface area (Å²) in [6.07, 6.45) is 5.02. The van der Waals surface area contributed by atoms with E-state index in [1.807, 2.05) is 19.0 Å². The Morgan fingerprint density at radius 2 is 2.13 bits per heavy atom. The number of nitrogens with one attached hydrogen (secondary N) is 1. The Kier molecular flexibility index (Phi) is 5.58. The molecule has 3 nitrogen and oxygen atoms in total. The normalized spacial score (nSPS) is 29.4. The minimum atomic E-state index is -0.239. The molecular formula is C12H26N2O. The summed E-state index contributed by atoms with van der Waals surface area (Å²) in [6, 6.07) is 0.630. The summed E-state index contributed by atoms with van der Waals surface area (Å²) < 4.78 is 0. The third-order valence-corrected chi connectivity index (χ3v) is 3.15. The predicted molar refractivity (Wildman–Crippen MR) is 64.0 cm³/mol. The van der Waals surface area contributed by atoms with Crippen molar-refractivity contribution in [3.63, 3.8) is 0 Å². The van der Waals surface area contributed by atoms with Gasteiger partial charge in [-0.15, -0.1) is 0 Å². The predicted octanol–water partition coefficient (Wildman–Crippen LogP) is 1.08. The van der Waals surface area contributed by atoms with Crippen LogP contribution in [0.1, 0.15) is 32.6 Å². The average molecular weight is 214 g/mol. The van der Waals surface area contributed by atoms with Crippen molar-refractivity contribution in [2.24, 2.45) is 5.92 Å². The molecule has 1 aliphatic carbocycles. The maximum Gasteiger partial charge on any atom is 0.0791 e. The fourth-order valence-corrected chi connectivity index (χ4v) is 2.41. The molecule has 3 atom stereocenters. The van der Waals surface area contributed by atoms with E-state index in [4.69, 9.17) is 0 Å². The monoisotopic (exact) mass is 214 g/mol. The van der Waals surface area contributed by atoms with Crippen molar-refractivity contribution in [1.29, 1.82) is 0 Å². The van der Waals surface area contributed by atoms with Crippen molar-refractivity contribution in [3.05, 3.63) is 0 Å². The lowest BCUT2D eigenvalue weighted by atomic mass is 9.87. The summed E-state index contributed by atoms with van der Waals surface area (Å²) in [4.78, 5) is 2.02. The van der Waals surface area contributed by atoms with E-state index in [2.05, 4.69) is 12.2 Å². The highest BCUT2D eigenvalue weighted by molar-refractivity contribution is 4.77. The van der Waals surface area contributed by atoms with Gasteiger partial charge in [0.1, 0.15) is 0 Å². The van der Waals surface area contributed by atoms with Gasteiger partial charge in [-0.05, 0) is 32.9 Å². The van der Waals surface area contributed by atoms with Crippen LogP contribution >= 0.6 is 0 Å². The van der Waals surface area contributed by atoms with E-state index in [1.54, 1.807) is 0 Å². The first-order chi connectivity index (χ1) is 7.08. The standard InChI is InChI=1S/C12H26N2O/c1-10-5-4-6-11(7-10)13-8-12(15)9-14(2)3/h10-13,15H,4-9H2,1-3H3. The summed E-state index contributed by atoms with van der Waals surface area (Å²) in [6.45, 7) is 3.80. The maximum atomic E-state index is 9.71. The van der Waals surface area contributed by atoms with Crippen molar-refractivity contribution in [1.82, 2.24) is 10.2 Å². The maximum absolute atomic E-state index is 9.71. The molecule has 0 saturated heterocycles. The molecule has 0 bridgehead atoms. The van der Waals surface area contributed by atoms with Crippen LogP contribution in [0.5, 0.6) is 0 Å². The minimum absolute atomic E-state index is 0.239. The molecule has 0 radical (unpaired) electrons. The zero-order valence-corrected chi connectivity index (χ0v) is 10.4. The van der Waals surface area contributed by atoms with Gasteiger partial charge in [-0.2, -0.15) is 0 Å². The number of likely N-dealkylation sites (N-methyl/N-ethyl adjacent to an activating group) is 1. The van der Waals surface area contributed by atoms with Crippen molar-refractivity contribution in [2.75, 3.05) is 27.2 Å². The van der Waals surface area contributed by atoms with Crippen LogP contribution in [-0.2, 0) is 0 Å². The Morgan fingerprint density at radius 1 is 1.40 bits per heavy atom. The van der Waals surface area contributed by atoms with Gasteiger partial charge in [0.15, 0.2) is 0 Å². The van der Waals surface area contributed by atoms with E-state index in [0.717, 1.165) is 19.0 Å². The van der Waals surface area contributed by atoms with Crippen LogP contribution in [-0.4, -0.2) is 49.3 Å². The average Bonchev–Trinajstić information content (AvgIpc) is 2.14. The second kappa shape index (κ2) is 6.46. The van der Waals surface area contributed by atoms with Gasteiger partial charge in [-0.25, -0.2) is 0 Å². The summed E-state index contributed by atoms with van der Waals surface area (Å²) in [7, 11) is 3.98. The second-order valence-electron chi connectivity index (χ2n) is 5.29. The van der Waals surface area contributed by atoms with Crippen LogP contribution in [0.15, 0.2) is 0 Å². The zero-order valence-electron chi connectivity index (χ0n) is 10.4. The van der Waals surface area contributed by atoms with Crippen LogP contribution in [0, 0.1) is 5.92 Å². The highest BCUT2D eigenvalue weighted by atomic mass is 16.3. The van der Waals surface area contributed by atoms with Crippen LogP contribution < -0.4 is 5.32 Å². The van der Waals surface area contributed by atoms with E-state index in [9.17, 15) is 5.11 Å². The van der Waals surface area contributed by atoms with E-state index in [1.165, 1.54) is 25.7 Å². The fourth-order valence-electron chi connectivity index (χ4n) is 2.41. The molecule has 0 spiro atoms. The number of hydrogen-bond donors (Lipinski definition) is 2. The van der Waals surface area contributed by atoms with E-state index < -0.39 is 0 Å². The smallest absolute Gasteiger partial charge is 0.0791 e. The fraction of sp³-hybridized carbons (Fsp3) is 1.00. The summed E-state index contributed by atoms with van der Waals surface area (Å²) in [5.74, 6) is 0.849. The lowest BCUT2D eigenvalue weighted by Crippen LogP contribution is -2.41. The first-order valence-electron chi connectivity index (χ1n) is 6.14. The minimum Gasteiger partial charge on any atom is -0.390 e. The molecule has 3 heteroatoms. The summed E-state index contributed by atoms with van der Waals surface area (Å²) >= 11 is 0. The van der Waals surface area contributed by atoms with Crippen LogP contribution in [0.4, 0.5) is 0 Å². The lowest BCUT2D eigenvalue weighted by molar-refractivity contribution is 0.127. The van der Waals surface area contributed by atoms with Gasteiger partial charge in [-0.1, -0.05) is 19.8 Å². The van der Waals surface area contributed by atoms with Crippen molar-refractivity contribution in [3.8, 4) is 0 Å². The Morgan fingerprint density at radius 3 is 2.73 bits per heavy atom. The second-order valence-corrected chi connectivity index (χ2v) is 5.29. The van der Waals surface area contributed by atoms with Crippen molar-refractivity contribution < 1.29 is 5.11 Å². The quantitative estimate of drug-likeness (QED) is 0.719. The van der Waals surface area contributed by atoms with Crippen LogP contribution in [0.3, 0.4) is 0 Å². The van der Waals surface area contributed by atoms with Gasteiger partial charge < -0.3 is 15.3 Å². The number of aliphatic hydroxyl groups excluding tert-OH is 1. The molecule has 1 rings (SSSR count). The zero-order chi connectivity index (χ0) is 11.3. The third-order valence-electron chi connectivity index (χ3n) is 3.15. The van der Waals surface area contributed by atoms with Gasteiger partial charge in [0.05, 0.1) is 6.10 Å². The number of rotatable bonds is 5. The summed E-state index contributed by atoms with van der Waals surface area (Å²) in [5, 5.41) is 13.2. The molecule has 0 aromatic heterocycles. The molecule has 0 amide bonds. The van der Waals surface area contributed by atoms with E-state index in [0.29, 0.717) is 6.04 Å². The summed E-state index contributed by atoms with van der Waals surface area (Å²) in [5.41, 5.74) is 0. The Hall–Kier alpha value is -0.120. The molecule has 3 unspecified atom stereocenters. The van der Waals surface area contributed by atoms with Crippen molar-refractivity contribution in [2.45, 2.75) is 44.8 Å². The van der Waals surface area contributed by atoms with Gasteiger partial charge >= 0.3 is 0 Å². The molecule has 0 aromatic rings. The van der Waals surface area contributed by atoms with E-state index in [-0.39, 0.29) is 6.10 Å². The van der Waals surface area contributed by atoms with Gasteiger partial charge in [0.25, 0.3) is 0 Å². The molecule has 0 aliphatic heterocycles. The van der Waals surface area contributed by atoms with E-state index >= 15 is 0 Å². The Balaban J connectivity index is 2.13. The molecule has 0 heterocycles. The van der Waals surface area contributed by atoms with Crippen LogP contribution in [0.2, 0.25) is 0 Å². The van der Waals surface area contributed by atoms with Crippen molar-refractivity contribution >= 4 is 0 Å². The molecule has 1 fully saturated rings. The molecule has 1 aliphatic rings. The third kappa shape index (κ3) is 5.50.